The molecule has 0 saturated carbocycles. The SMILES string of the molecule is COC(=O)C(F)(F)c1ccc(-c2ccc(F)c(F)c2)cc1F. The van der Waals surface area contributed by atoms with E-state index in [1.54, 1.807) is 0 Å². The van der Waals surface area contributed by atoms with Crippen LogP contribution in [0.4, 0.5) is 22.0 Å². The van der Waals surface area contributed by atoms with E-state index < -0.39 is 34.9 Å². The fourth-order valence-corrected chi connectivity index (χ4v) is 1.86. The summed E-state index contributed by atoms with van der Waals surface area (Å²) in [6, 6.07) is 5.29. The van der Waals surface area contributed by atoms with Crippen molar-refractivity contribution in [2.45, 2.75) is 5.92 Å². The third-order valence-corrected chi connectivity index (χ3v) is 3.00. The highest BCUT2D eigenvalue weighted by Crippen LogP contribution is 2.33. The maximum atomic E-state index is 13.9. The Morgan fingerprint density at radius 1 is 0.909 bits per heavy atom. The molecule has 22 heavy (non-hydrogen) atoms. The van der Waals surface area contributed by atoms with Crippen LogP contribution in [0, 0.1) is 17.5 Å². The van der Waals surface area contributed by atoms with Gasteiger partial charge in [0.2, 0.25) is 0 Å². The summed E-state index contributed by atoms with van der Waals surface area (Å²) in [5.74, 6) is -9.64. The Bertz CT molecular complexity index is 728. The molecule has 0 radical (unpaired) electrons. The van der Waals surface area contributed by atoms with Gasteiger partial charge >= 0.3 is 11.9 Å². The molecule has 0 amide bonds. The smallest absolute Gasteiger partial charge is 0.381 e. The summed E-state index contributed by atoms with van der Waals surface area (Å²) >= 11 is 0. The molecule has 0 heterocycles. The highest BCUT2D eigenvalue weighted by Gasteiger charge is 2.44. The minimum atomic E-state index is -4.15. The van der Waals surface area contributed by atoms with Crippen molar-refractivity contribution >= 4 is 5.97 Å². The lowest BCUT2D eigenvalue weighted by Crippen LogP contribution is -2.28. The van der Waals surface area contributed by atoms with E-state index >= 15 is 0 Å². The van der Waals surface area contributed by atoms with Gasteiger partial charge in [0.1, 0.15) is 5.82 Å². The number of alkyl halides is 2. The lowest BCUT2D eigenvalue weighted by molar-refractivity contribution is -0.170. The van der Waals surface area contributed by atoms with Gasteiger partial charge in [-0.05, 0) is 35.4 Å². The normalized spacial score (nSPS) is 11.4. The lowest BCUT2D eigenvalue weighted by atomic mass is 10.0. The minimum absolute atomic E-state index is 0.0563. The van der Waals surface area contributed by atoms with Gasteiger partial charge in [-0.15, -0.1) is 0 Å². The summed E-state index contributed by atoms with van der Waals surface area (Å²) in [7, 11) is 0.754. The number of halogens is 5. The van der Waals surface area contributed by atoms with Gasteiger partial charge in [-0.3, -0.25) is 0 Å². The van der Waals surface area contributed by atoms with Crippen LogP contribution in [0.2, 0.25) is 0 Å². The Morgan fingerprint density at radius 2 is 1.45 bits per heavy atom. The van der Waals surface area contributed by atoms with Crippen LogP contribution in [0.3, 0.4) is 0 Å². The van der Waals surface area contributed by atoms with Gasteiger partial charge in [-0.25, -0.2) is 18.0 Å². The second-order valence-corrected chi connectivity index (χ2v) is 4.39. The van der Waals surface area contributed by atoms with E-state index in [0.29, 0.717) is 12.1 Å². The molecule has 0 aliphatic carbocycles. The van der Waals surface area contributed by atoms with E-state index in [1.165, 1.54) is 6.07 Å². The molecule has 2 rings (SSSR count). The maximum absolute atomic E-state index is 13.9. The molecule has 0 aliphatic rings. The number of esters is 1. The first kappa shape index (κ1) is 15.9. The lowest BCUT2D eigenvalue weighted by Gasteiger charge is -2.15. The van der Waals surface area contributed by atoms with E-state index in [-0.39, 0.29) is 11.1 Å². The number of hydrogen-bond acceptors (Lipinski definition) is 2. The highest BCUT2D eigenvalue weighted by molar-refractivity contribution is 5.79. The van der Waals surface area contributed by atoms with Crippen LogP contribution in [0.5, 0.6) is 0 Å². The summed E-state index contributed by atoms with van der Waals surface area (Å²) in [5.41, 5.74) is -1.00. The largest absolute Gasteiger partial charge is 0.464 e. The van der Waals surface area contributed by atoms with Crippen LogP contribution >= 0.6 is 0 Å². The van der Waals surface area contributed by atoms with Crippen LogP contribution in [0.25, 0.3) is 11.1 Å². The van der Waals surface area contributed by atoms with Crippen molar-refractivity contribution in [2.24, 2.45) is 0 Å². The van der Waals surface area contributed by atoms with Gasteiger partial charge in [-0.1, -0.05) is 12.1 Å². The predicted octanol–water partition coefficient (Wildman–Crippen LogP) is 4.04. The second-order valence-electron chi connectivity index (χ2n) is 4.39. The Morgan fingerprint density at radius 3 is 1.95 bits per heavy atom. The van der Waals surface area contributed by atoms with Crippen LogP contribution in [-0.2, 0) is 15.5 Å². The first-order valence-corrected chi connectivity index (χ1v) is 5.99. The van der Waals surface area contributed by atoms with Crippen molar-refractivity contribution in [1.29, 1.82) is 0 Å². The average Bonchev–Trinajstić information content (AvgIpc) is 2.48. The van der Waals surface area contributed by atoms with Crippen molar-refractivity contribution < 1.29 is 31.5 Å². The van der Waals surface area contributed by atoms with E-state index in [2.05, 4.69) is 4.74 Å². The third kappa shape index (κ3) is 2.79. The van der Waals surface area contributed by atoms with Gasteiger partial charge in [0.25, 0.3) is 0 Å². The van der Waals surface area contributed by atoms with Gasteiger partial charge in [0.05, 0.1) is 12.7 Å². The average molecular weight is 316 g/mol. The quantitative estimate of drug-likeness (QED) is 0.631. The molecule has 0 unspecified atom stereocenters. The molecular weight excluding hydrogens is 307 g/mol. The van der Waals surface area contributed by atoms with Gasteiger partial charge in [0.15, 0.2) is 11.6 Å². The third-order valence-electron chi connectivity index (χ3n) is 3.00. The van der Waals surface area contributed by atoms with Crippen LogP contribution in [0.15, 0.2) is 36.4 Å². The fraction of sp³-hybridized carbons (Fsp3) is 0.133. The molecule has 0 atom stereocenters. The first-order valence-electron chi connectivity index (χ1n) is 5.99. The second kappa shape index (κ2) is 5.75. The number of benzene rings is 2. The number of rotatable bonds is 3. The Balaban J connectivity index is 2.46. The molecule has 2 nitrogen and oxygen atoms in total. The fourth-order valence-electron chi connectivity index (χ4n) is 1.86. The highest BCUT2D eigenvalue weighted by atomic mass is 19.3. The van der Waals surface area contributed by atoms with E-state index in [4.69, 9.17) is 0 Å². The van der Waals surface area contributed by atoms with Crippen molar-refractivity contribution in [1.82, 2.24) is 0 Å². The van der Waals surface area contributed by atoms with Crippen molar-refractivity contribution in [2.75, 3.05) is 7.11 Å². The zero-order chi connectivity index (χ0) is 16.5. The molecule has 0 fully saturated rings. The van der Waals surface area contributed by atoms with Crippen LogP contribution in [0.1, 0.15) is 5.56 Å². The Hall–Kier alpha value is -2.44. The maximum Gasteiger partial charge on any atom is 0.381 e. The van der Waals surface area contributed by atoms with Gasteiger partial charge in [-0.2, -0.15) is 8.78 Å². The number of methoxy groups -OCH3 is 1. The van der Waals surface area contributed by atoms with E-state index in [0.717, 1.165) is 25.3 Å². The topological polar surface area (TPSA) is 26.3 Å². The summed E-state index contributed by atoms with van der Waals surface area (Å²) in [5, 5.41) is 0. The monoisotopic (exact) mass is 316 g/mol. The molecule has 0 spiro atoms. The standard InChI is InChI=1S/C15H9F5O2/c1-22-14(21)15(19,20)10-4-2-8(6-12(10)17)9-3-5-11(16)13(18)7-9/h2-7H,1H3. The molecule has 116 valence electrons. The molecule has 0 saturated heterocycles. The first-order chi connectivity index (χ1) is 10.3. The predicted molar refractivity (Wildman–Crippen MR) is 67.7 cm³/mol. The zero-order valence-corrected chi connectivity index (χ0v) is 11.2. The van der Waals surface area contributed by atoms with Gasteiger partial charge in [0, 0.05) is 0 Å². The number of carbonyl (C=O) groups is 1. The summed E-state index contributed by atoms with van der Waals surface area (Å²) in [6.07, 6.45) is 0. The Labute approximate surface area is 122 Å². The molecule has 2 aromatic rings. The minimum Gasteiger partial charge on any atom is -0.464 e. The molecule has 0 bridgehead atoms. The number of carbonyl (C=O) groups excluding carboxylic acids is 1. The number of hydrogen-bond donors (Lipinski definition) is 0. The molecular formula is C15H9F5O2. The molecule has 0 N–H and O–H groups in total. The van der Waals surface area contributed by atoms with Crippen LogP contribution < -0.4 is 0 Å². The van der Waals surface area contributed by atoms with Crippen LogP contribution in [-0.4, -0.2) is 13.1 Å². The molecule has 7 heteroatoms. The zero-order valence-electron chi connectivity index (χ0n) is 11.2. The summed E-state index contributed by atoms with van der Waals surface area (Å²) < 4.78 is 71.0. The molecule has 0 aliphatic heterocycles. The van der Waals surface area contributed by atoms with Crippen molar-refractivity contribution in [3.63, 3.8) is 0 Å². The molecule has 0 aromatic heterocycles. The van der Waals surface area contributed by atoms with Crippen molar-refractivity contribution in [3.8, 4) is 11.1 Å². The van der Waals surface area contributed by atoms with Gasteiger partial charge < -0.3 is 4.74 Å². The number of ether oxygens (including phenoxy) is 1. The Kier molecular flexibility index (Phi) is 4.16. The van der Waals surface area contributed by atoms with E-state index in [1.807, 2.05) is 0 Å². The summed E-state index contributed by atoms with van der Waals surface area (Å²) in [4.78, 5) is 11.0. The molecule has 2 aromatic carbocycles. The van der Waals surface area contributed by atoms with E-state index in [9.17, 15) is 26.7 Å². The van der Waals surface area contributed by atoms with Crippen molar-refractivity contribution in [3.05, 3.63) is 59.4 Å². The summed E-state index contributed by atoms with van der Waals surface area (Å²) in [6.45, 7) is 0.